The van der Waals surface area contributed by atoms with Crippen molar-refractivity contribution in [2.45, 2.75) is 71.8 Å². The molecule has 1 atom stereocenters. The SMILES string of the molecule is CCCCCCCCC(NCC)c1cc(C)c(Cl)s1. The first-order valence-electron chi connectivity index (χ1n) is 7.68. The van der Waals surface area contributed by atoms with Gasteiger partial charge in [0.2, 0.25) is 0 Å². The summed E-state index contributed by atoms with van der Waals surface area (Å²) in [5.74, 6) is 0. The van der Waals surface area contributed by atoms with Crippen LogP contribution in [-0.4, -0.2) is 6.54 Å². The van der Waals surface area contributed by atoms with Crippen LogP contribution in [0.4, 0.5) is 0 Å². The number of unbranched alkanes of at least 4 members (excludes halogenated alkanes) is 5. The fraction of sp³-hybridized carbons (Fsp3) is 0.750. The van der Waals surface area contributed by atoms with Gasteiger partial charge in [-0.2, -0.15) is 0 Å². The number of aryl methyl sites for hydroxylation is 1. The molecule has 1 rings (SSSR count). The van der Waals surface area contributed by atoms with Gasteiger partial charge in [0, 0.05) is 10.9 Å². The molecule has 0 saturated carbocycles. The molecular formula is C16H28ClNS. The average Bonchev–Trinajstić information content (AvgIpc) is 2.72. The Morgan fingerprint density at radius 2 is 1.84 bits per heavy atom. The summed E-state index contributed by atoms with van der Waals surface area (Å²) in [6, 6.07) is 2.74. The van der Waals surface area contributed by atoms with Gasteiger partial charge in [0.15, 0.2) is 0 Å². The van der Waals surface area contributed by atoms with E-state index in [2.05, 4.69) is 32.2 Å². The van der Waals surface area contributed by atoms with E-state index < -0.39 is 0 Å². The summed E-state index contributed by atoms with van der Waals surface area (Å²) in [5, 5.41) is 3.59. The standard InChI is InChI=1S/C16H28ClNS/c1-4-6-7-8-9-10-11-14(18-5-2)15-12-13(3)16(17)19-15/h12,14,18H,4-11H2,1-3H3. The number of rotatable bonds is 10. The number of halogens is 1. The Labute approximate surface area is 127 Å². The van der Waals surface area contributed by atoms with Crippen LogP contribution in [0.15, 0.2) is 6.07 Å². The van der Waals surface area contributed by atoms with Crippen molar-refractivity contribution in [3.63, 3.8) is 0 Å². The van der Waals surface area contributed by atoms with E-state index >= 15 is 0 Å². The number of hydrogen-bond donors (Lipinski definition) is 1. The molecule has 0 saturated heterocycles. The lowest BCUT2D eigenvalue weighted by molar-refractivity contribution is 0.482. The molecule has 0 bridgehead atoms. The fourth-order valence-corrected chi connectivity index (χ4v) is 3.70. The summed E-state index contributed by atoms with van der Waals surface area (Å²) in [4.78, 5) is 1.40. The van der Waals surface area contributed by atoms with Crippen LogP contribution in [0.1, 0.15) is 75.3 Å². The van der Waals surface area contributed by atoms with Crippen LogP contribution >= 0.6 is 22.9 Å². The highest BCUT2D eigenvalue weighted by Gasteiger charge is 2.14. The third-order valence-corrected chi connectivity index (χ3v) is 5.19. The van der Waals surface area contributed by atoms with Crippen LogP contribution in [0.25, 0.3) is 0 Å². The molecule has 0 aromatic carbocycles. The predicted molar refractivity (Wildman–Crippen MR) is 88.5 cm³/mol. The van der Waals surface area contributed by atoms with Gasteiger partial charge in [-0.15, -0.1) is 11.3 Å². The molecule has 0 aliphatic heterocycles. The Balaban J connectivity index is 2.36. The fourth-order valence-electron chi connectivity index (χ4n) is 2.38. The van der Waals surface area contributed by atoms with Crippen molar-refractivity contribution in [3.8, 4) is 0 Å². The molecule has 19 heavy (non-hydrogen) atoms. The van der Waals surface area contributed by atoms with Crippen molar-refractivity contribution in [2.75, 3.05) is 6.54 Å². The van der Waals surface area contributed by atoms with E-state index in [9.17, 15) is 0 Å². The Morgan fingerprint density at radius 1 is 1.16 bits per heavy atom. The number of thiophene rings is 1. The lowest BCUT2D eigenvalue weighted by Gasteiger charge is -2.16. The minimum atomic E-state index is 0.493. The van der Waals surface area contributed by atoms with Gasteiger partial charge in [0.1, 0.15) is 0 Å². The Hall–Kier alpha value is -0.0500. The summed E-state index contributed by atoms with van der Waals surface area (Å²) in [7, 11) is 0. The smallest absolute Gasteiger partial charge is 0.0960 e. The second-order valence-electron chi connectivity index (χ2n) is 5.27. The van der Waals surface area contributed by atoms with Gasteiger partial charge in [-0.05, 0) is 31.5 Å². The second kappa shape index (κ2) is 9.79. The highest BCUT2D eigenvalue weighted by molar-refractivity contribution is 7.16. The first-order chi connectivity index (χ1) is 9.19. The molecule has 1 unspecified atom stereocenters. The van der Waals surface area contributed by atoms with Crippen molar-refractivity contribution in [3.05, 3.63) is 20.8 Å². The monoisotopic (exact) mass is 301 g/mol. The molecule has 0 aliphatic rings. The predicted octanol–water partition coefficient (Wildman–Crippen LogP) is 6.11. The van der Waals surface area contributed by atoms with Crippen LogP contribution in [0.5, 0.6) is 0 Å². The molecule has 3 heteroatoms. The summed E-state index contributed by atoms with van der Waals surface area (Å²) < 4.78 is 0.945. The molecule has 0 amide bonds. The molecular weight excluding hydrogens is 274 g/mol. The molecule has 0 fully saturated rings. The molecule has 1 nitrogen and oxygen atoms in total. The summed E-state index contributed by atoms with van der Waals surface area (Å²) in [6.07, 6.45) is 9.40. The van der Waals surface area contributed by atoms with Crippen LogP contribution in [0, 0.1) is 6.92 Å². The van der Waals surface area contributed by atoms with E-state index in [0.717, 1.165) is 10.9 Å². The Kier molecular flexibility index (Phi) is 8.76. The first kappa shape index (κ1) is 17.0. The largest absolute Gasteiger partial charge is 0.310 e. The molecule has 1 aromatic rings. The minimum absolute atomic E-state index is 0.493. The van der Waals surface area contributed by atoms with Gasteiger partial charge in [-0.25, -0.2) is 0 Å². The molecule has 1 aromatic heterocycles. The van der Waals surface area contributed by atoms with Crippen LogP contribution in [0.2, 0.25) is 4.34 Å². The lowest BCUT2D eigenvalue weighted by atomic mass is 10.0. The maximum Gasteiger partial charge on any atom is 0.0960 e. The van der Waals surface area contributed by atoms with Crippen molar-refractivity contribution in [1.82, 2.24) is 5.32 Å². The van der Waals surface area contributed by atoms with Crippen molar-refractivity contribution in [2.24, 2.45) is 0 Å². The van der Waals surface area contributed by atoms with Gasteiger partial charge in [0.25, 0.3) is 0 Å². The normalized spacial score (nSPS) is 12.8. The summed E-state index contributed by atoms with van der Waals surface area (Å²) in [6.45, 7) is 7.56. The quantitative estimate of drug-likeness (QED) is 0.514. The summed E-state index contributed by atoms with van der Waals surface area (Å²) >= 11 is 7.92. The first-order valence-corrected chi connectivity index (χ1v) is 8.87. The maximum atomic E-state index is 6.18. The van der Waals surface area contributed by atoms with Gasteiger partial charge in [-0.3, -0.25) is 0 Å². The molecule has 0 spiro atoms. The molecule has 1 heterocycles. The van der Waals surface area contributed by atoms with Crippen molar-refractivity contribution < 1.29 is 0 Å². The molecule has 1 N–H and O–H groups in total. The average molecular weight is 302 g/mol. The zero-order valence-electron chi connectivity index (χ0n) is 12.6. The minimum Gasteiger partial charge on any atom is -0.310 e. The van der Waals surface area contributed by atoms with E-state index in [1.165, 1.54) is 55.4 Å². The topological polar surface area (TPSA) is 12.0 Å². The van der Waals surface area contributed by atoms with E-state index in [4.69, 9.17) is 11.6 Å². The highest BCUT2D eigenvalue weighted by Crippen LogP contribution is 2.33. The number of nitrogens with one attached hydrogen (secondary N) is 1. The molecule has 110 valence electrons. The van der Waals surface area contributed by atoms with Crippen molar-refractivity contribution in [1.29, 1.82) is 0 Å². The van der Waals surface area contributed by atoms with Crippen LogP contribution < -0.4 is 5.32 Å². The van der Waals surface area contributed by atoms with Gasteiger partial charge in [0.05, 0.1) is 4.34 Å². The van der Waals surface area contributed by atoms with Gasteiger partial charge in [-0.1, -0.05) is 64.0 Å². The highest BCUT2D eigenvalue weighted by atomic mass is 35.5. The van der Waals surface area contributed by atoms with Crippen LogP contribution in [0.3, 0.4) is 0 Å². The van der Waals surface area contributed by atoms with Crippen LogP contribution in [-0.2, 0) is 0 Å². The summed E-state index contributed by atoms with van der Waals surface area (Å²) in [5.41, 5.74) is 1.22. The molecule has 0 radical (unpaired) electrons. The van der Waals surface area contributed by atoms with Gasteiger partial charge >= 0.3 is 0 Å². The Morgan fingerprint density at radius 3 is 2.42 bits per heavy atom. The van der Waals surface area contributed by atoms with E-state index in [1.54, 1.807) is 11.3 Å². The van der Waals surface area contributed by atoms with E-state index in [1.807, 2.05) is 0 Å². The Bertz CT molecular complexity index is 329. The lowest BCUT2D eigenvalue weighted by Crippen LogP contribution is -2.19. The third-order valence-electron chi connectivity index (χ3n) is 3.52. The third kappa shape index (κ3) is 6.29. The maximum absolute atomic E-state index is 6.18. The van der Waals surface area contributed by atoms with E-state index in [-0.39, 0.29) is 0 Å². The second-order valence-corrected chi connectivity index (χ2v) is 6.96. The number of hydrogen-bond acceptors (Lipinski definition) is 2. The zero-order chi connectivity index (χ0) is 14.1. The molecule has 0 aliphatic carbocycles. The van der Waals surface area contributed by atoms with Crippen molar-refractivity contribution >= 4 is 22.9 Å². The van der Waals surface area contributed by atoms with Gasteiger partial charge < -0.3 is 5.32 Å². The van der Waals surface area contributed by atoms with E-state index in [0.29, 0.717) is 6.04 Å². The zero-order valence-corrected chi connectivity index (χ0v) is 14.2.